The van der Waals surface area contributed by atoms with Crippen molar-refractivity contribution >= 4 is 39.1 Å². The molecule has 0 aliphatic heterocycles. The summed E-state index contributed by atoms with van der Waals surface area (Å²) in [6.07, 6.45) is -4.59. The zero-order chi connectivity index (χ0) is 30.4. The van der Waals surface area contributed by atoms with Gasteiger partial charge in [-0.1, -0.05) is 66.6 Å². The third kappa shape index (κ3) is 7.80. The van der Waals surface area contributed by atoms with Crippen LogP contribution < -0.4 is 9.62 Å². The molecule has 3 aromatic carbocycles. The monoisotopic (exact) mass is 609 g/mol. The van der Waals surface area contributed by atoms with Gasteiger partial charge < -0.3 is 10.2 Å². The van der Waals surface area contributed by atoms with Gasteiger partial charge in [0.25, 0.3) is 10.0 Å². The molecule has 3 aromatic rings. The number of likely N-dealkylation sites (N-methyl/N-ethyl adjacent to an activating group) is 1. The maximum Gasteiger partial charge on any atom is 0.416 e. The van der Waals surface area contributed by atoms with Crippen molar-refractivity contribution in [1.82, 2.24) is 10.2 Å². The summed E-state index contributed by atoms with van der Waals surface area (Å²) < 4.78 is 69.1. The number of alkyl halides is 3. The maximum atomic E-state index is 14.0. The summed E-state index contributed by atoms with van der Waals surface area (Å²) in [7, 11) is -4.58. The third-order valence-electron chi connectivity index (χ3n) is 6.36. The topological polar surface area (TPSA) is 86.8 Å². The highest BCUT2D eigenvalue weighted by atomic mass is 35.5. The first-order valence-electron chi connectivity index (χ1n) is 12.9. The van der Waals surface area contributed by atoms with Gasteiger partial charge in [-0.25, -0.2) is 8.42 Å². The van der Waals surface area contributed by atoms with E-state index in [1.165, 1.54) is 29.2 Å². The molecule has 0 fully saturated rings. The molecular formula is C29H31ClF3N3O4S. The van der Waals surface area contributed by atoms with Crippen molar-refractivity contribution in [3.8, 4) is 0 Å². The van der Waals surface area contributed by atoms with E-state index in [9.17, 15) is 31.2 Å². The van der Waals surface area contributed by atoms with Crippen molar-refractivity contribution in [2.45, 2.75) is 50.9 Å². The molecule has 12 heteroatoms. The number of amides is 2. The second-order valence-corrected chi connectivity index (χ2v) is 11.6. The summed E-state index contributed by atoms with van der Waals surface area (Å²) >= 11 is 6.26. The van der Waals surface area contributed by atoms with E-state index in [1.807, 2.05) is 19.1 Å². The first-order valence-corrected chi connectivity index (χ1v) is 14.7. The van der Waals surface area contributed by atoms with E-state index >= 15 is 0 Å². The van der Waals surface area contributed by atoms with Gasteiger partial charge in [-0.3, -0.25) is 13.9 Å². The van der Waals surface area contributed by atoms with Gasteiger partial charge in [-0.15, -0.1) is 0 Å². The van der Waals surface area contributed by atoms with Gasteiger partial charge in [0.05, 0.1) is 21.2 Å². The molecule has 1 N–H and O–H groups in total. The Balaban J connectivity index is 2.15. The Bertz CT molecular complexity index is 1470. The van der Waals surface area contributed by atoms with Crippen LogP contribution in [0.3, 0.4) is 0 Å². The van der Waals surface area contributed by atoms with Crippen LogP contribution in [-0.2, 0) is 32.3 Å². The number of nitrogens with zero attached hydrogens (tertiary/aromatic N) is 2. The third-order valence-corrected chi connectivity index (χ3v) is 8.46. The molecule has 0 radical (unpaired) electrons. The largest absolute Gasteiger partial charge is 0.416 e. The maximum absolute atomic E-state index is 14.0. The van der Waals surface area contributed by atoms with Crippen LogP contribution in [0.4, 0.5) is 18.9 Å². The highest BCUT2D eigenvalue weighted by molar-refractivity contribution is 7.92. The normalized spacial score (nSPS) is 12.5. The second kappa shape index (κ2) is 13.4. The summed E-state index contributed by atoms with van der Waals surface area (Å²) in [4.78, 5) is 27.9. The Morgan fingerprint density at radius 2 is 1.61 bits per heavy atom. The molecule has 2 amide bonds. The van der Waals surface area contributed by atoms with Crippen LogP contribution in [0, 0.1) is 6.92 Å². The SMILES string of the molecule is CCNC(=O)C(CC)N(Cc1ccc(C)cc1)C(=O)CN(c1cc(C(F)(F)F)ccc1Cl)S(=O)(=O)c1ccccc1. The lowest BCUT2D eigenvalue weighted by Gasteiger charge is -2.33. The first kappa shape index (κ1) is 32.0. The number of aryl methyl sites for hydroxylation is 1. The van der Waals surface area contributed by atoms with E-state index in [1.54, 1.807) is 32.0 Å². The van der Waals surface area contributed by atoms with E-state index in [2.05, 4.69) is 5.32 Å². The number of rotatable bonds is 11. The van der Waals surface area contributed by atoms with Gasteiger partial charge in [0.15, 0.2) is 0 Å². The lowest BCUT2D eigenvalue weighted by atomic mass is 10.1. The van der Waals surface area contributed by atoms with E-state index in [0.29, 0.717) is 22.5 Å². The summed E-state index contributed by atoms with van der Waals surface area (Å²) in [5.41, 5.74) is 0.00546. The van der Waals surface area contributed by atoms with Gasteiger partial charge in [0.2, 0.25) is 11.8 Å². The van der Waals surface area contributed by atoms with Gasteiger partial charge >= 0.3 is 6.18 Å². The van der Waals surface area contributed by atoms with Crippen LogP contribution in [0.5, 0.6) is 0 Å². The molecule has 7 nitrogen and oxygen atoms in total. The van der Waals surface area contributed by atoms with Crippen molar-refractivity contribution in [1.29, 1.82) is 0 Å². The summed E-state index contributed by atoms with van der Waals surface area (Å²) in [5, 5.41) is 2.39. The Morgan fingerprint density at radius 3 is 2.17 bits per heavy atom. The number of halogens is 4. The smallest absolute Gasteiger partial charge is 0.355 e. The van der Waals surface area contributed by atoms with Crippen LogP contribution in [0.15, 0.2) is 77.7 Å². The minimum atomic E-state index is -4.80. The molecule has 1 atom stereocenters. The Morgan fingerprint density at radius 1 is 0.976 bits per heavy atom. The summed E-state index contributed by atoms with van der Waals surface area (Å²) in [6, 6.07) is 15.5. The first-order chi connectivity index (χ1) is 19.3. The number of carbonyl (C=O) groups is 2. The summed E-state index contributed by atoms with van der Waals surface area (Å²) in [5.74, 6) is -1.23. The number of nitrogens with one attached hydrogen (secondary N) is 1. The lowest BCUT2D eigenvalue weighted by Crippen LogP contribution is -2.52. The van der Waals surface area contributed by atoms with E-state index < -0.39 is 51.9 Å². The lowest BCUT2D eigenvalue weighted by molar-refractivity contribution is -0.140. The zero-order valence-corrected chi connectivity index (χ0v) is 24.4. The molecule has 0 aliphatic rings. The average molecular weight is 610 g/mol. The number of carbonyl (C=O) groups excluding carboxylic acids is 2. The fourth-order valence-electron chi connectivity index (χ4n) is 4.21. The Kier molecular flexibility index (Phi) is 10.4. The van der Waals surface area contributed by atoms with Crippen molar-refractivity contribution in [2.75, 3.05) is 17.4 Å². The van der Waals surface area contributed by atoms with Gasteiger partial charge in [0, 0.05) is 13.1 Å². The van der Waals surface area contributed by atoms with Crippen LogP contribution in [0.2, 0.25) is 5.02 Å². The molecule has 1 unspecified atom stereocenters. The molecule has 0 aliphatic carbocycles. The van der Waals surface area contributed by atoms with Crippen molar-refractivity contribution in [3.63, 3.8) is 0 Å². The average Bonchev–Trinajstić information content (AvgIpc) is 2.93. The standard InChI is InChI=1S/C29H31ClF3N3O4S/c1-4-25(28(38)34-5-2)35(18-21-13-11-20(3)12-14-21)27(37)19-36(41(39,40)23-9-7-6-8-10-23)26-17-22(29(31,32)33)15-16-24(26)30/h6-17,25H,4-5,18-19H2,1-3H3,(H,34,38). The van der Waals surface area contributed by atoms with Crippen molar-refractivity contribution in [2.24, 2.45) is 0 Å². The quantitative estimate of drug-likeness (QED) is 0.297. The summed E-state index contributed by atoms with van der Waals surface area (Å²) in [6.45, 7) is 4.68. The van der Waals surface area contributed by atoms with Crippen molar-refractivity contribution in [3.05, 3.63) is 94.5 Å². The molecule has 0 bridgehead atoms. The minimum Gasteiger partial charge on any atom is -0.355 e. The highest BCUT2D eigenvalue weighted by Gasteiger charge is 2.36. The van der Waals surface area contributed by atoms with Gasteiger partial charge in [-0.2, -0.15) is 13.2 Å². The van der Waals surface area contributed by atoms with Crippen LogP contribution in [-0.4, -0.2) is 44.3 Å². The molecule has 0 saturated carbocycles. The molecule has 220 valence electrons. The van der Waals surface area contributed by atoms with E-state index in [4.69, 9.17) is 11.6 Å². The Hall–Kier alpha value is -3.57. The fraction of sp³-hybridized carbons (Fsp3) is 0.310. The molecule has 0 saturated heterocycles. The van der Waals surface area contributed by atoms with Gasteiger partial charge in [0.1, 0.15) is 12.6 Å². The Labute approximate surface area is 243 Å². The molecule has 0 spiro atoms. The molecule has 0 aromatic heterocycles. The van der Waals surface area contributed by atoms with E-state index in [-0.39, 0.29) is 22.9 Å². The zero-order valence-electron chi connectivity index (χ0n) is 22.8. The number of hydrogen-bond acceptors (Lipinski definition) is 4. The number of hydrogen-bond donors (Lipinski definition) is 1. The molecular weight excluding hydrogens is 579 g/mol. The number of anilines is 1. The fourth-order valence-corrected chi connectivity index (χ4v) is 5.93. The highest BCUT2D eigenvalue weighted by Crippen LogP contribution is 2.37. The molecule has 41 heavy (non-hydrogen) atoms. The van der Waals surface area contributed by atoms with Crippen LogP contribution in [0.25, 0.3) is 0 Å². The van der Waals surface area contributed by atoms with Crippen LogP contribution in [0.1, 0.15) is 37.0 Å². The minimum absolute atomic E-state index is 0.0374. The van der Waals surface area contributed by atoms with E-state index in [0.717, 1.165) is 17.7 Å². The predicted octanol–water partition coefficient (Wildman–Crippen LogP) is 5.81. The molecule has 3 rings (SSSR count). The number of sulfonamides is 1. The number of benzene rings is 3. The predicted molar refractivity (Wildman–Crippen MR) is 152 cm³/mol. The van der Waals surface area contributed by atoms with Gasteiger partial charge in [-0.05, 0) is 56.2 Å². The van der Waals surface area contributed by atoms with Crippen LogP contribution >= 0.6 is 11.6 Å². The van der Waals surface area contributed by atoms with Crippen molar-refractivity contribution < 1.29 is 31.2 Å². The second-order valence-electron chi connectivity index (χ2n) is 9.31. The molecule has 0 heterocycles.